The SMILES string of the molecule is COc1cc(N2CCCN(C)CC2)ccc1Nc1ncc(C)c(Nc2ccccc2P(C)(C)=O)n1. The van der Waals surface area contributed by atoms with E-state index in [4.69, 9.17) is 9.72 Å². The Hall–Kier alpha value is -3.09. The lowest BCUT2D eigenvalue weighted by molar-refractivity contribution is 0.360. The summed E-state index contributed by atoms with van der Waals surface area (Å²) >= 11 is 0. The monoisotopic (exact) mass is 494 g/mol. The molecule has 4 rings (SSSR count). The molecule has 1 aliphatic rings. The first-order valence-corrected chi connectivity index (χ1v) is 14.5. The second kappa shape index (κ2) is 10.7. The predicted octanol–water partition coefficient (Wildman–Crippen LogP) is 4.67. The fourth-order valence-electron chi connectivity index (χ4n) is 4.21. The minimum atomic E-state index is -2.45. The number of aromatic nitrogens is 2. The Balaban J connectivity index is 1.56. The third-order valence-electron chi connectivity index (χ3n) is 6.23. The van der Waals surface area contributed by atoms with E-state index in [2.05, 4.69) is 44.6 Å². The van der Waals surface area contributed by atoms with Gasteiger partial charge in [-0.1, -0.05) is 12.1 Å². The number of anilines is 5. The van der Waals surface area contributed by atoms with Gasteiger partial charge in [0, 0.05) is 48.5 Å². The average molecular weight is 495 g/mol. The lowest BCUT2D eigenvalue weighted by Gasteiger charge is -2.24. The summed E-state index contributed by atoms with van der Waals surface area (Å²) in [5.41, 5.74) is 3.62. The summed E-state index contributed by atoms with van der Waals surface area (Å²) in [5.74, 6) is 1.85. The molecule has 0 atom stereocenters. The summed E-state index contributed by atoms with van der Waals surface area (Å²) in [7, 11) is 1.39. The van der Waals surface area contributed by atoms with Crippen LogP contribution in [0.2, 0.25) is 0 Å². The van der Waals surface area contributed by atoms with Gasteiger partial charge in [-0.15, -0.1) is 0 Å². The molecule has 0 unspecified atom stereocenters. The number of methoxy groups -OCH3 is 1. The summed E-state index contributed by atoms with van der Waals surface area (Å²) in [6.45, 7) is 9.67. The number of likely N-dealkylation sites (N-methyl/N-ethyl adjacent to an activating group) is 1. The maximum atomic E-state index is 12.8. The summed E-state index contributed by atoms with van der Waals surface area (Å²) in [6, 6.07) is 13.8. The van der Waals surface area contributed by atoms with Crippen molar-refractivity contribution >= 4 is 41.3 Å². The minimum absolute atomic E-state index is 0.453. The third-order valence-corrected chi connectivity index (χ3v) is 7.78. The van der Waals surface area contributed by atoms with Crippen LogP contribution in [0.1, 0.15) is 12.0 Å². The second-order valence-electron chi connectivity index (χ2n) is 9.37. The van der Waals surface area contributed by atoms with Crippen molar-refractivity contribution in [3.05, 3.63) is 54.2 Å². The molecule has 0 aliphatic carbocycles. The van der Waals surface area contributed by atoms with Crippen molar-refractivity contribution in [3.8, 4) is 5.75 Å². The van der Waals surface area contributed by atoms with Crippen LogP contribution in [-0.4, -0.2) is 68.5 Å². The molecule has 35 heavy (non-hydrogen) atoms. The Morgan fingerprint density at radius 1 is 1.00 bits per heavy atom. The highest BCUT2D eigenvalue weighted by molar-refractivity contribution is 7.70. The summed E-state index contributed by atoms with van der Waals surface area (Å²) < 4.78 is 18.5. The summed E-state index contributed by atoms with van der Waals surface area (Å²) in [6.07, 6.45) is 2.91. The molecule has 1 aromatic heterocycles. The van der Waals surface area contributed by atoms with Gasteiger partial charge in [0.1, 0.15) is 18.7 Å². The molecular formula is C26H35N6O2P. The lowest BCUT2D eigenvalue weighted by Crippen LogP contribution is -2.28. The summed E-state index contributed by atoms with van der Waals surface area (Å²) in [5, 5.41) is 7.46. The van der Waals surface area contributed by atoms with Crippen LogP contribution in [0, 0.1) is 6.92 Å². The van der Waals surface area contributed by atoms with E-state index in [1.165, 1.54) is 0 Å². The highest BCUT2D eigenvalue weighted by Crippen LogP contribution is 2.38. The zero-order chi connectivity index (χ0) is 25.0. The van der Waals surface area contributed by atoms with Gasteiger partial charge in [-0.3, -0.25) is 0 Å². The molecule has 0 bridgehead atoms. The largest absolute Gasteiger partial charge is 0.494 e. The van der Waals surface area contributed by atoms with Gasteiger partial charge in [0.25, 0.3) is 0 Å². The Morgan fingerprint density at radius 3 is 2.57 bits per heavy atom. The first-order chi connectivity index (χ1) is 16.7. The van der Waals surface area contributed by atoms with E-state index in [1.54, 1.807) is 26.6 Å². The van der Waals surface area contributed by atoms with Gasteiger partial charge in [-0.05, 0) is 64.5 Å². The molecule has 2 N–H and O–H groups in total. The van der Waals surface area contributed by atoms with Crippen molar-refractivity contribution in [3.63, 3.8) is 0 Å². The van der Waals surface area contributed by atoms with Gasteiger partial charge in [-0.25, -0.2) is 4.98 Å². The molecule has 3 aromatic rings. The van der Waals surface area contributed by atoms with Gasteiger partial charge in [0.05, 0.1) is 18.5 Å². The van der Waals surface area contributed by atoms with Gasteiger partial charge in [0.2, 0.25) is 5.95 Å². The van der Waals surface area contributed by atoms with Crippen LogP contribution in [-0.2, 0) is 4.57 Å². The molecule has 2 aromatic carbocycles. The van der Waals surface area contributed by atoms with Gasteiger partial charge >= 0.3 is 0 Å². The molecule has 0 saturated carbocycles. The number of benzene rings is 2. The first kappa shape index (κ1) is 25.0. The fourth-order valence-corrected chi connectivity index (χ4v) is 5.37. The van der Waals surface area contributed by atoms with Crippen molar-refractivity contribution in [2.45, 2.75) is 13.3 Å². The van der Waals surface area contributed by atoms with Crippen molar-refractivity contribution in [1.82, 2.24) is 14.9 Å². The predicted molar refractivity (Wildman–Crippen MR) is 146 cm³/mol. The van der Waals surface area contributed by atoms with E-state index < -0.39 is 7.14 Å². The van der Waals surface area contributed by atoms with Crippen molar-refractivity contribution in [2.75, 3.05) is 69.2 Å². The molecule has 1 aliphatic heterocycles. The van der Waals surface area contributed by atoms with Crippen LogP contribution in [0.3, 0.4) is 0 Å². The quantitative estimate of drug-likeness (QED) is 0.459. The molecule has 0 radical (unpaired) electrons. The van der Waals surface area contributed by atoms with Crippen molar-refractivity contribution in [1.29, 1.82) is 0 Å². The molecule has 0 amide bonds. The van der Waals surface area contributed by atoms with Crippen LogP contribution in [0.4, 0.5) is 28.8 Å². The molecular weight excluding hydrogens is 459 g/mol. The molecule has 186 valence electrons. The number of nitrogens with zero attached hydrogens (tertiary/aromatic N) is 4. The van der Waals surface area contributed by atoms with Crippen LogP contribution in [0.15, 0.2) is 48.7 Å². The van der Waals surface area contributed by atoms with Crippen LogP contribution >= 0.6 is 7.14 Å². The number of rotatable bonds is 7. The molecule has 1 fully saturated rings. The Kier molecular flexibility index (Phi) is 7.63. The van der Waals surface area contributed by atoms with E-state index >= 15 is 0 Å². The highest BCUT2D eigenvalue weighted by atomic mass is 31.2. The van der Waals surface area contributed by atoms with E-state index in [-0.39, 0.29) is 0 Å². The molecule has 1 saturated heterocycles. The zero-order valence-electron chi connectivity index (χ0n) is 21.2. The number of para-hydroxylation sites is 1. The fraction of sp³-hybridized carbons (Fsp3) is 0.385. The third kappa shape index (κ3) is 6.13. The van der Waals surface area contributed by atoms with Gasteiger partial charge in [0.15, 0.2) is 0 Å². The van der Waals surface area contributed by atoms with Gasteiger partial charge < -0.3 is 29.7 Å². The smallest absolute Gasteiger partial charge is 0.229 e. The highest BCUT2D eigenvalue weighted by Gasteiger charge is 2.18. The maximum Gasteiger partial charge on any atom is 0.229 e. The Morgan fingerprint density at radius 2 is 1.80 bits per heavy atom. The minimum Gasteiger partial charge on any atom is -0.494 e. The number of hydrogen-bond acceptors (Lipinski definition) is 8. The van der Waals surface area contributed by atoms with Crippen LogP contribution in [0.5, 0.6) is 5.75 Å². The lowest BCUT2D eigenvalue weighted by atomic mass is 10.2. The number of ether oxygens (including phenoxy) is 1. The van der Waals surface area contributed by atoms with E-state index in [0.717, 1.165) is 66.3 Å². The van der Waals surface area contributed by atoms with Crippen LogP contribution < -0.4 is 25.6 Å². The number of nitrogens with one attached hydrogen (secondary N) is 2. The average Bonchev–Trinajstić information content (AvgIpc) is 3.05. The summed E-state index contributed by atoms with van der Waals surface area (Å²) in [4.78, 5) is 13.9. The van der Waals surface area contributed by atoms with E-state index in [9.17, 15) is 4.57 Å². The number of hydrogen-bond donors (Lipinski definition) is 2. The van der Waals surface area contributed by atoms with Crippen molar-refractivity contribution < 1.29 is 9.30 Å². The Labute approximate surface area is 208 Å². The van der Waals surface area contributed by atoms with Gasteiger partial charge in [-0.2, -0.15) is 4.98 Å². The molecule has 2 heterocycles. The topological polar surface area (TPSA) is 82.6 Å². The molecule has 9 heteroatoms. The first-order valence-electron chi connectivity index (χ1n) is 11.9. The Bertz CT molecular complexity index is 1230. The zero-order valence-corrected chi connectivity index (χ0v) is 22.1. The van der Waals surface area contributed by atoms with Crippen molar-refractivity contribution in [2.24, 2.45) is 0 Å². The second-order valence-corrected chi connectivity index (χ2v) is 12.6. The standard InChI is InChI=1S/C26H35N6O2P/c1-19-18-27-26(30-25(19)28-22-9-6-7-10-24(22)35(4,5)33)29-21-12-11-20(17-23(21)34-3)32-14-8-13-31(2)15-16-32/h6-7,9-12,17-18H,8,13-16H2,1-5H3,(H2,27,28,29,30). The van der Waals surface area contributed by atoms with Crippen LogP contribution in [0.25, 0.3) is 0 Å². The van der Waals surface area contributed by atoms with E-state index in [0.29, 0.717) is 11.8 Å². The normalized spacial score (nSPS) is 14.9. The molecule has 0 spiro atoms. The maximum absolute atomic E-state index is 12.8. The van der Waals surface area contributed by atoms with E-state index in [1.807, 2.05) is 37.3 Å². The number of aryl methyl sites for hydroxylation is 1. The molecule has 8 nitrogen and oxygen atoms in total.